The van der Waals surface area contributed by atoms with Crippen LogP contribution in [0.2, 0.25) is 0 Å². The number of aromatic nitrogens is 1. The molecule has 0 amide bonds. The van der Waals surface area contributed by atoms with Gasteiger partial charge in [0.2, 0.25) is 0 Å². The molecule has 1 aliphatic rings. The van der Waals surface area contributed by atoms with Crippen LogP contribution < -0.4 is 9.47 Å². The standard InChI is InChI=1S/C22H23NO2/c1-4-18-10-16-12-21(24-2)22(25-3)13-19(16)20-11-17(14-23(18)20)15-8-6-5-7-9-15/h5-9,11-14,18H,4,10H2,1-3H3. The lowest BCUT2D eigenvalue weighted by molar-refractivity contribution is 0.354. The average Bonchev–Trinajstić information content (AvgIpc) is 3.12. The third kappa shape index (κ3) is 2.60. The highest BCUT2D eigenvalue weighted by Crippen LogP contribution is 2.43. The van der Waals surface area contributed by atoms with E-state index in [2.05, 4.69) is 66.2 Å². The molecule has 3 heteroatoms. The molecule has 128 valence electrons. The van der Waals surface area contributed by atoms with Crippen molar-refractivity contribution in [3.05, 3.63) is 60.3 Å². The van der Waals surface area contributed by atoms with Gasteiger partial charge in [0.15, 0.2) is 11.5 Å². The minimum Gasteiger partial charge on any atom is -0.493 e. The van der Waals surface area contributed by atoms with Crippen molar-refractivity contribution in [2.75, 3.05) is 14.2 Å². The Kier molecular flexibility index (Phi) is 4.00. The molecule has 0 N–H and O–H groups in total. The average molecular weight is 333 g/mol. The van der Waals surface area contributed by atoms with Gasteiger partial charge in [0.05, 0.1) is 14.2 Å². The van der Waals surface area contributed by atoms with Crippen molar-refractivity contribution >= 4 is 0 Å². The van der Waals surface area contributed by atoms with E-state index in [-0.39, 0.29) is 0 Å². The minimum atomic E-state index is 0.470. The first-order valence-electron chi connectivity index (χ1n) is 8.77. The molecule has 0 bridgehead atoms. The molecule has 1 aromatic heterocycles. The summed E-state index contributed by atoms with van der Waals surface area (Å²) in [5.41, 5.74) is 6.34. The third-order valence-corrected chi connectivity index (χ3v) is 5.16. The van der Waals surface area contributed by atoms with Gasteiger partial charge in [-0.3, -0.25) is 0 Å². The van der Waals surface area contributed by atoms with Gasteiger partial charge in [-0.25, -0.2) is 0 Å². The number of fused-ring (bicyclic) bond motifs is 3. The topological polar surface area (TPSA) is 23.4 Å². The van der Waals surface area contributed by atoms with Crippen molar-refractivity contribution in [3.63, 3.8) is 0 Å². The van der Waals surface area contributed by atoms with Crippen LogP contribution in [0.5, 0.6) is 11.5 Å². The molecule has 4 rings (SSSR count). The van der Waals surface area contributed by atoms with Crippen LogP contribution in [0.3, 0.4) is 0 Å². The summed E-state index contributed by atoms with van der Waals surface area (Å²) >= 11 is 0. The molecule has 25 heavy (non-hydrogen) atoms. The molecule has 2 heterocycles. The molecule has 3 nitrogen and oxygen atoms in total. The van der Waals surface area contributed by atoms with Gasteiger partial charge in [-0.15, -0.1) is 0 Å². The van der Waals surface area contributed by atoms with Crippen LogP contribution in [-0.4, -0.2) is 18.8 Å². The second-order valence-corrected chi connectivity index (χ2v) is 6.52. The maximum Gasteiger partial charge on any atom is 0.161 e. The lowest BCUT2D eigenvalue weighted by atomic mass is 9.92. The van der Waals surface area contributed by atoms with E-state index in [4.69, 9.17) is 9.47 Å². The van der Waals surface area contributed by atoms with Gasteiger partial charge in [-0.1, -0.05) is 37.3 Å². The number of ether oxygens (including phenoxy) is 2. The normalized spacial score (nSPS) is 15.4. The fraction of sp³-hybridized carbons (Fsp3) is 0.273. The molecule has 0 saturated carbocycles. The monoisotopic (exact) mass is 333 g/mol. The summed E-state index contributed by atoms with van der Waals surface area (Å²) in [5.74, 6) is 1.59. The van der Waals surface area contributed by atoms with E-state index in [1.165, 1.54) is 27.9 Å². The van der Waals surface area contributed by atoms with Gasteiger partial charge in [0.1, 0.15) is 0 Å². The summed E-state index contributed by atoms with van der Waals surface area (Å²) in [6.07, 6.45) is 4.41. The maximum absolute atomic E-state index is 5.53. The second kappa shape index (κ2) is 6.32. The Bertz CT molecular complexity index is 896. The highest BCUT2D eigenvalue weighted by atomic mass is 16.5. The van der Waals surface area contributed by atoms with Gasteiger partial charge in [-0.05, 0) is 47.7 Å². The van der Waals surface area contributed by atoms with Crippen molar-refractivity contribution in [2.45, 2.75) is 25.8 Å². The van der Waals surface area contributed by atoms with E-state index in [9.17, 15) is 0 Å². The zero-order valence-electron chi connectivity index (χ0n) is 15.0. The molecule has 3 aromatic rings. The Morgan fingerprint density at radius 3 is 2.36 bits per heavy atom. The van der Waals surface area contributed by atoms with E-state index in [1.54, 1.807) is 14.2 Å². The van der Waals surface area contributed by atoms with Crippen LogP contribution in [-0.2, 0) is 6.42 Å². The molecule has 2 aromatic carbocycles. The molecular weight excluding hydrogens is 310 g/mol. The number of hydrogen-bond donors (Lipinski definition) is 0. The highest BCUT2D eigenvalue weighted by molar-refractivity contribution is 5.77. The van der Waals surface area contributed by atoms with Crippen molar-refractivity contribution in [1.29, 1.82) is 0 Å². The molecule has 0 fully saturated rings. The van der Waals surface area contributed by atoms with Gasteiger partial charge >= 0.3 is 0 Å². The lowest BCUT2D eigenvalue weighted by Crippen LogP contribution is -2.17. The summed E-state index contributed by atoms with van der Waals surface area (Å²) < 4.78 is 13.5. The van der Waals surface area contributed by atoms with Crippen LogP contribution >= 0.6 is 0 Å². The first kappa shape index (κ1) is 15.8. The zero-order chi connectivity index (χ0) is 17.4. The van der Waals surface area contributed by atoms with Crippen LogP contribution in [0.15, 0.2) is 54.7 Å². The fourth-order valence-electron chi connectivity index (χ4n) is 3.81. The number of hydrogen-bond acceptors (Lipinski definition) is 2. The van der Waals surface area contributed by atoms with Crippen LogP contribution in [0.1, 0.15) is 24.9 Å². The van der Waals surface area contributed by atoms with E-state index in [0.29, 0.717) is 6.04 Å². The Labute approximate surface area is 148 Å². The van der Waals surface area contributed by atoms with Crippen molar-refractivity contribution < 1.29 is 9.47 Å². The van der Waals surface area contributed by atoms with E-state index in [0.717, 1.165) is 24.3 Å². The SMILES string of the molecule is CCC1Cc2cc(OC)c(OC)cc2-c2cc(-c3ccccc3)cn21. The number of nitrogens with zero attached hydrogens (tertiary/aromatic N) is 1. The van der Waals surface area contributed by atoms with Crippen molar-refractivity contribution in [3.8, 4) is 33.9 Å². The zero-order valence-corrected chi connectivity index (χ0v) is 15.0. The van der Waals surface area contributed by atoms with E-state index in [1.807, 2.05) is 0 Å². The second-order valence-electron chi connectivity index (χ2n) is 6.52. The predicted octanol–water partition coefficient (Wildman–Crippen LogP) is 5.35. The largest absolute Gasteiger partial charge is 0.493 e. The van der Waals surface area contributed by atoms with E-state index >= 15 is 0 Å². The quantitative estimate of drug-likeness (QED) is 0.643. The number of methoxy groups -OCH3 is 2. The Morgan fingerprint density at radius 2 is 1.68 bits per heavy atom. The molecule has 1 atom stereocenters. The fourth-order valence-corrected chi connectivity index (χ4v) is 3.81. The van der Waals surface area contributed by atoms with Crippen LogP contribution in [0, 0.1) is 0 Å². The van der Waals surface area contributed by atoms with Crippen molar-refractivity contribution in [1.82, 2.24) is 4.57 Å². The van der Waals surface area contributed by atoms with Crippen LogP contribution in [0.25, 0.3) is 22.4 Å². The van der Waals surface area contributed by atoms with Gasteiger partial charge in [0, 0.05) is 23.5 Å². The van der Waals surface area contributed by atoms with E-state index < -0.39 is 0 Å². The first-order chi connectivity index (χ1) is 12.2. The Hall–Kier alpha value is -2.68. The predicted molar refractivity (Wildman–Crippen MR) is 101 cm³/mol. The number of rotatable bonds is 4. The lowest BCUT2D eigenvalue weighted by Gasteiger charge is -2.28. The molecular formula is C22H23NO2. The Morgan fingerprint density at radius 1 is 0.960 bits per heavy atom. The molecule has 1 unspecified atom stereocenters. The molecule has 0 saturated heterocycles. The summed E-state index contributed by atoms with van der Waals surface area (Å²) in [4.78, 5) is 0. The van der Waals surface area contributed by atoms with Gasteiger partial charge in [-0.2, -0.15) is 0 Å². The third-order valence-electron chi connectivity index (χ3n) is 5.16. The highest BCUT2D eigenvalue weighted by Gasteiger charge is 2.26. The Balaban J connectivity index is 1.90. The smallest absolute Gasteiger partial charge is 0.161 e. The van der Waals surface area contributed by atoms with Gasteiger partial charge in [0.25, 0.3) is 0 Å². The summed E-state index contributed by atoms with van der Waals surface area (Å²) in [6, 6.07) is 17.6. The summed E-state index contributed by atoms with van der Waals surface area (Å²) in [7, 11) is 3.39. The summed E-state index contributed by atoms with van der Waals surface area (Å²) in [5, 5.41) is 0. The molecule has 0 aliphatic carbocycles. The summed E-state index contributed by atoms with van der Waals surface area (Å²) in [6.45, 7) is 2.25. The van der Waals surface area contributed by atoms with Crippen molar-refractivity contribution in [2.24, 2.45) is 0 Å². The number of benzene rings is 2. The maximum atomic E-state index is 5.53. The first-order valence-corrected chi connectivity index (χ1v) is 8.77. The van der Waals surface area contributed by atoms with Gasteiger partial charge < -0.3 is 14.0 Å². The minimum absolute atomic E-state index is 0.470. The molecule has 0 spiro atoms. The molecule has 1 aliphatic heterocycles. The van der Waals surface area contributed by atoms with Crippen LogP contribution in [0.4, 0.5) is 0 Å². The molecule has 0 radical (unpaired) electrons.